The van der Waals surface area contributed by atoms with Crippen molar-refractivity contribution in [1.82, 2.24) is 0 Å². The molecule has 0 aromatic rings. The maximum absolute atomic E-state index is 0. The van der Waals surface area contributed by atoms with E-state index in [0.717, 1.165) is 0 Å². The minimum Gasteiger partial charge on any atom is -1.00 e. The summed E-state index contributed by atoms with van der Waals surface area (Å²) in [4.78, 5) is 0. The minimum absolute atomic E-state index is 0. The van der Waals surface area contributed by atoms with Crippen molar-refractivity contribution >= 4 is 0 Å². The van der Waals surface area contributed by atoms with Crippen LogP contribution < -0.4 is 101 Å². The quantitative estimate of drug-likeness (QED) is 0.304. The third-order valence-electron chi connectivity index (χ3n) is 0. The topological polar surface area (TPSA) is 0 Å². The third kappa shape index (κ3) is 61.1. The summed E-state index contributed by atoms with van der Waals surface area (Å²) in [5, 5.41) is 0. The zero-order chi connectivity index (χ0) is 0. The Labute approximate surface area is 130 Å². The van der Waals surface area contributed by atoms with Crippen molar-refractivity contribution in [3.05, 3.63) is 0 Å². The molecule has 0 aliphatic heterocycles. The van der Waals surface area contributed by atoms with E-state index in [0.29, 0.717) is 0 Å². The molecule has 0 unspecified atom stereocenters. The fraction of sp³-hybridized carbons (Fsp3) is 0. The second kappa shape index (κ2) is 85.5. The van der Waals surface area contributed by atoms with Gasteiger partial charge in [-0.15, -0.1) is 0 Å². The molecule has 40 valence electrons. The molecule has 0 nitrogen and oxygen atoms in total. The summed E-state index contributed by atoms with van der Waals surface area (Å²) in [6.07, 6.45) is 0. The molecule has 0 aliphatic rings. The number of hydrogen-bond acceptors (Lipinski definition) is 0. The van der Waals surface area contributed by atoms with Gasteiger partial charge in [-0.05, 0) is 0 Å². The normalized spacial score (nSPS) is 0. The van der Waals surface area contributed by atoms with Crippen LogP contribution in [-0.2, 0) is 32.7 Å². The van der Waals surface area contributed by atoms with Gasteiger partial charge in [-0.3, -0.25) is 0 Å². The van der Waals surface area contributed by atoms with Gasteiger partial charge in [0.15, 0.2) is 0 Å². The zero-order valence-corrected chi connectivity index (χ0v) is 12.2. The minimum atomic E-state index is 0. The zero-order valence-electron chi connectivity index (χ0n) is 4.47. The Morgan fingerprint density at radius 3 is 0.500 bits per heavy atom. The van der Waals surface area contributed by atoms with Crippen molar-refractivity contribution in [2.75, 3.05) is 0 Å². The first-order chi connectivity index (χ1) is 0. The van der Waals surface area contributed by atoms with Gasteiger partial charge in [-0.2, -0.15) is 0 Å². The van der Waals surface area contributed by atoms with E-state index in [-0.39, 0.29) is 133 Å². The molecule has 0 spiro atoms. The van der Waals surface area contributed by atoms with E-state index in [1.807, 2.05) is 0 Å². The van der Waals surface area contributed by atoms with Crippen LogP contribution in [0.2, 0.25) is 0 Å². The van der Waals surface area contributed by atoms with E-state index in [9.17, 15) is 0 Å². The fourth-order valence-electron chi connectivity index (χ4n) is 0. The molecular weight excluding hydrogens is 276 g/mol. The largest absolute Gasteiger partial charge is 3.00 e. The van der Waals surface area contributed by atoms with Crippen LogP contribution >= 0.6 is 0 Å². The molecule has 0 fully saturated rings. The van der Waals surface area contributed by atoms with Crippen molar-refractivity contribution in [2.45, 2.75) is 0 Å². The van der Waals surface area contributed by atoms with E-state index in [4.69, 9.17) is 0 Å². The van der Waals surface area contributed by atoms with Crippen LogP contribution in [0.1, 0.15) is 0 Å². The summed E-state index contributed by atoms with van der Waals surface area (Å²) in [5.74, 6) is 0. The molecule has 0 atom stereocenters. The first-order valence-electron chi connectivity index (χ1n) is 0. The molecule has 0 bridgehead atoms. The smallest absolute Gasteiger partial charge is 1.00 e. The second-order valence-electron chi connectivity index (χ2n) is 0. The fourth-order valence-corrected chi connectivity index (χ4v) is 0. The van der Waals surface area contributed by atoms with Crippen molar-refractivity contribution in [3.63, 3.8) is 0 Å². The number of halogens is 5. The Hall–Kier alpha value is 3.16. The molecule has 0 aromatic carbocycles. The number of hydrogen-bond donors (Lipinski definition) is 0. The van der Waals surface area contributed by atoms with Gasteiger partial charge in [0.05, 0.1) is 0 Å². The standard InChI is InChI=1S/5FH.Li.Rb.Y/h5*1H;;;/q;;;;;2*+1;+3/p-5. The van der Waals surface area contributed by atoms with Crippen molar-refractivity contribution < 1.29 is 133 Å². The average Bonchev–Trinajstić information content (AvgIpc) is 0. The van der Waals surface area contributed by atoms with Crippen molar-refractivity contribution in [3.8, 4) is 0 Å². The first-order valence-corrected chi connectivity index (χ1v) is 0. The predicted octanol–water partition coefficient (Wildman–Crippen LogP) is -21.0. The first kappa shape index (κ1) is 116. The maximum atomic E-state index is 0. The van der Waals surface area contributed by atoms with Crippen LogP contribution in [0.25, 0.3) is 0 Å². The van der Waals surface area contributed by atoms with Crippen LogP contribution in [0.3, 0.4) is 0 Å². The summed E-state index contributed by atoms with van der Waals surface area (Å²) in [5.41, 5.74) is 0. The third-order valence-corrected chi connectivity index (χ3v) is 0. The SMILES string of the molecule is [F-].[F-].[F-].[F-].[F-].[Li+].[Rb+].[Y+3]. The van der Waals surface area contributed by atoms with Gasteiger partial charge < -0.3 is 23.5 Å². The molecule has 8 heteroatoms. The van der Waals surface area contributed by atoms with Crippen LogP contribution in [0.15, 0.2) is 0 Å². The molecule has 0 aromatic heterocycles. The van der Waals surface area contributed by atoms with E-state index in [1.54, 1.807) is 0 Å². The second-order valence-corrected chi connectivity index (χ2v) is 0. The Kier molecular flexibility index (Phi) is 1230. The van der Waals surface area contributed by atoms with Crippen LogP contribution in [0.5, 0.6) is 0 Å². The van der Waals surface area contributed by atoms with Gasteiger partial charge in [-0.1, -0.05) is 0 Å². The monoisotopic (exact) mass is 276 g/mol. The van der Waals surface area contributed by atoms with E-state index < -0.39 is 0 Å². The van der Waals surface area contributed by atoms with Gasteiger partial charge in [-0.25, -0.2) is 0 Å². The number of rotatable bonds is 0. The average molecular weight is 276 g/mol. The Bertz CT molecular complexity index is 12.4. The summed E-state index contributed by atoms with van der Waals surface area (Å²) in [6.45, 7) is 0. The van der Waals surface area contributed by atoms with E-state index in [2.05, 4.69) is 0 Å². The molecule has 0 aliphatic carbocycles. The van der Waals surface area contributed by atoms with Crippen molar-refractivity contribution in [1.29, 1.82) is 0 Å². The summed E-state index contributed by atoms with van der Waals surface area (Å²) in [7, 11) is 0. The molecule has 0 amide bonds. The molecule has 0 saturated heterocycles. The Balaban J connectivity index is 0. The van der Waals surface area contributed by atoms with Crippen LogP contribution in [-0.4, -0.2) is 0 Å². The van der Waals surface area contributed by atoms with Crippen molar-refractivity contribution in [2.24, 2.45) is 0 Å². The predicted molar refractivity (Wildman–Crippen MR) is 0 cm³/mol. The van der Waals surface area contributed by atoms with Gasteiger partial charge in [0.25, 0.3) is 0 Å². The summed E-state index contributed by atoms with van der Waals surface area (Å²) >= 11 is 0. The summed E-state index contributed by atoms with van der Waals surface area (Å²) in [6, 6.07) is 0. The van der Waals surface area contributed by atoms with Gasteiger partial charge in [0.1, 0.15) is 0 Å². The van der Waals surface area contributed by atoms with Gasteiger partial charge >= 0.3 is 110 Å². The maximum Gasteiger partial charge on any atom is 3.00 e. The Morgan fingerprint density at radius 1 is 0.500 bits per heavy atom. The van der Waals surface area contributed by atoms with Crippen LogP contribution in [0, 0.1) is 0 Å². The molecule has 0 radical (unpaired) electrons. The Morgan fingerprint density at radius 2 is 0.500 bits per heavy atom. The van der Waals surface area contributed by atoms with Crippen LogP contribution in [0.4, 0.5) is 0 Å². The van der Waals surface area contributed by atoms with Gasteiger partial charge in [0.2, 0.25) is 0 Å². The molecule has 0 rings (SSSR count). The molecule has 0 N–H and O–H groups in total. The molecule has 0 heterocycles. The van der Waals surface area contributed by atoms with E-state index >= 15 is 0 Å². The van der Waals surface area contributed by atoms with E-state index in [1.165, 1.54) is 0 Å². The van der Waals surface area contributed by atoms with Gasteiger partial charge in [0, 0.05) is 0 Å². The summed E-state index contributed by atoms with van der Waals surface area (Å²) < 4.78 is 0. The molecule has 8 heavy (non-hydrogen) atoms. The molecule has 0 saturated carbocycles. The molecular formula is F5LiRbY.